The second-order valence-corrected chi connectivity index (χ2v) is 1.34. The summed E-state index contributed by atoms with van der Waals surface area (Å²) in [5.41, 5.74) is 0. The van der Waals surface area contributed by atoms with Crippen LogP contribution >= 0.6 is 24.8 Å². The average Bonchev–Trinajstić information content (AvgIpc) is 0.722. The molecule has 59 valence electrons. The zero-order chi connectivity index (χ0) is 4.50. The van der Waals surface area contributed by atoms with Crippen molar-refractivity contribution < 1.29 is 53.8 Å². The monoisotopic (exact) mass is 293 g/mol. The molecule has 0 aliphatic carbocycles. The molecule has 2 N–H and O–H groups in total. The number of rotatable bonds is 0. The van der Waals surface area contributed by atoms with Crippen molar-refractivity contribution in [2.24, 2.45) is 0 Å². The molecule has 0 unspecified atom stereocenters. The predicted molar refractivity (Wildman–Crippen MR) is 28.7 cm³/mol. The van der Waals surface area contributed by atoms with Crippen molar-refractivity contribution in [1.29, 1.82) is 0 Å². The fraction of sp³-hybridized carbons (Fsp3) is 0. The molecule has 0 spiro atoms. The normalized spacial score (nSPS) is 6.44. The largest absolute Gasteiger partial charge is 0.394 e. The molecule has 0 aromatic rings. The van der Waals surface area contributed by atoms with Gasteiger partial charge >= 0.3 is 10.4 Å². The summed E-state index contributed by atoms with van der Waals surface area (Å²) in [5.74, 6) is 0. The molecule has 9 heavy (non-hydrogen) atoms. The Bertz CT molecular complexity index is 102. The van der Waals surface area contributed by atoms with Crippen LogP contribution in [0, 0.1) is 0 Å². The van der Waals surface area contributed by atoms with Crippen LogP contribution in [-0.4, -0.2) is 17.5 Å². The molecule has 0 aromatic carbocycles. The molecular weight excluding hydrogens is 291 g/mol. The van der Waals surface area contributed by atoms with E-state index in [0.717, 1.165) is 0 Å². The first-order valence-electron chi connectivity index (χ1n) is 0.698. The van der Waals surface area contributed by atoms with Crippen LogP contribution in [0.15, 0.2) is 0 Å². The van der Waals surface area contributed by atoms with E-state index < -0.39 is 10.4 Å². The van der Waals surface area contributed by atoms with Crippen molar-refractivity contribution in [3.8, 4) is 0 Å². The molecule has 0 saturated heterocycles. The average molecular weight is 295 g/mol. The first kappa shape index (κ1) is 31.2. The Morgan fingerprint density at radius 1 is 1.00 bits per heavy atom. The summed E-state index contributed by atoms with van der Waals surface area (Å²) in [6, 6.07) is 0. The summed E-state index contributed by atoms with van der Waals surface area (Å²) in [7, 11) is -4.67. The molecule has 0 amide bonds. The van der Waals surface area contributed by atoms with Gasteiger partial charge in [-0.25, -0.2) is 0 Å². The smallest absolute Gasteiger partial charge is 0.264 e. The quantitative estimate of drug-likeness (QED) is 0.494. The van der Waals surface area contributed by atoms with Gasteiger partial charge in [0.25, 0.3) is 0 Å². The van der Waals surface area contributed by atoms with E-state index >= 15 is 0 Å². The number of halogens is 2. The molecule has 9 heteroatoms. The fourth-order valence-electron chi connectivity index (χ4n) is 0. The van der Waals surface area contributed by atoms with E-state index in [1.807, 2.05) is 0 Å². The summed E-state index contributed by atoms with van der Waals surface area (Å²) < 4.78 is 31.6. The SMILES string of the molecule is Cl.Cl.O=S(=O)(O)O.[Co].[Zn]. The van der Waals surface area contributed by atoms with Crippen molar-refractivity contribution in [1.82, 2.24) is 0 Å². The van der Waals surface area contributed by atoms with Crippen molar-refractivity contribution in [2.75, 3.05) is 0 Å². The number of hydrogen-bond acceptors (Lipinski definition) is 2. The molecule has 0 atom stereocenters. The number of hydrogen-bond donors (Lipinski definition) is 2. The predicted octanol–water partition coefficient (Wildman–Crippen LogP) is 0.186. The van der Waals surface area contributed by atoms with Crippen LogP contribution in [0.5, 0.6) is 0 Å². The second kappa shape index (κ2) is 12.3. The van der Waals surface area contributed by atoms with Gasteiger partial charge in [0, 0.05) is 36.3 Å². The Hall–Kier alpha value is 1.58. The van der Waals surface area contributed by atoms with Crippen LogP contribution in [0.3, 0.4) is 0 Å². The van der Waals surface area contributed by atoms with Crippen LogP contribution < -0.4 is 0 Å². The Kier molecular flexibility index (Phi) is 42.5. The summed E-state index contributed by atoms with van der Waals surface area (Å²) in [6.45, 7) is 0. The van der Waals surface area contributed by atoms with Gasteiger partial charge in [0.1, 0.15) is 0 Å². The van der Waals surface area contributed by atoms with Crippen LogP contribution in [0.2, 0.25) is 0 Å². The van der Waals surface area contributed by atoms with Crippen molar-refractivity contribution in [2.45, 2.75) is 0 Å². The van der Waals surface area contributed by atoms with E-state index in [9.17, 15) is 0 Å². The molecule has 0 aliphatic heterocycles. The molecule has 0 heterocycles. The summed E-state index contributed by atoms with van der Waals surface area (Å²) in [6.07, 6.45) is 0. The van der Waals surface area contributed by atoms with Crippen LogP contribution in [0.25, 0.3) is 0 Å². The van der Waals surface area contributed by atoms with Gasteiger partial charge in [0.05, 0.1) is 0 Å². The fourth-order valence-corrected chi connectivity index (χ4v) is 0. The van der Waals surface area contributed by atoms with Gasteiger partial charge in [-0.2, -0.15) is 8.42 Å². The maximum Gasteiger partial charge on any atom is 0.394 e. The maximum absolute atomic E-state index is 8.74. The Labute approximate surface area is 88.5 Å². The third-order valence-corrected chi connectivity index (χ3v) is 0. The van der Waals surface area contributed by atoms with Gasteiger partial charge in [0.15, 0.2) is 0 Å². The third kappa shape index (κ3) is 221. The van der Waals surface area contributed by atoms with E-state index in [0.29, 0.717) is 0 Å². The summed E-state index contributed by atoms with van der Waals surface area (Å²) in [4.78, 5) is 0. The van der Waals surface area contributed by atoms with Gasteiger partial charge in [-0.3, -0.25) is 9.11 Å². The Morgan fingerprint density at radius 2 is 1.00 bits per heavy atom. The van der Waals surface area contributed by atoms with Crippen molar-refractivity contribution >= 4 is 35.2 Å². The van der Waals surface area contributed by atoms with Crippen LogP contribution in [0.1, 0.15) is 0 Å². The molecule has 0 rings (SSSR count). The van der Waals surface area contributed by atoms with E-state index in [1.165, 1.54) is 0 Å². The van der Waals surface area contributed by atoms with Crippen LogP contribution in [0.4, 0.5) is 0 Å². The van der Waals surface area contributed by atoms with Gasteiger partial charge in [-0.15, -0.1) is 24.8 Å². The maximum atomic E-state index is 8.74. The minimum absolute atomic E-state index is 0. The van der Waals surface area contributed by atoms with Gasteiger partial charge < -0.3 is 0 Å². The zero-order valence-corrected chi connectivity index (χ0v) is 10.4. The van der Waals surface area contributed by atoms with E-state index in [1.54, 1.807) is 0 Å². The van der Waals surface area contributed by atoms with Gasteiger partial charge in [-0.05, 0) is 0 Å². The zero-order valence-electron chi connectivity index (χ0n) is 3.98. The molecule has 0 fully saturated rings. The van der Waals surface area contributed by atoms with E-state index in [2.05, 4.69) is 0 Å². The third-order valence-electron chi connectivity index (χ3n) is 0. The van der Waals surface area contributed by atoms with E-state index in [-0.39, 0.29) is 61.1 Å². The van der Waals surface area contributed by atoms with Gasteiger partial charge in [0.2, 0.25) is 0 Å². The summed E-state index contributed by atoms with van der Waals surface area (Å²) in [5, 5.41) is 0. The Balaban J connectivity index is -0.0000000133. The molecule has 1 radical (unpaired) electrons. The molecule has 0 saturated carbocycles. The van der Waals surface area contributed by atoms with Gasteiger partial charge in [-0.1, -0.05) is 0 Å². The standard InChI is InChI=1S/2ClH.Co.H2O4S.Zn/c;;;1-5(2,3)4;/h2*1H;;(H2,1,2,3,4);. The van der Waals surface area contributed by atoms with Crippen LogP contribution in [-0.2, 0) is 46.7 Å². The summed E-state index contributed by atoms with van der Waals surface area (Å²) >= 11 is 0. The topological polar surface area (TPSA) is 74.6 Å². The minimum Gasteiger partial charge on any atom is -0.264 e. The first-order chi connectivity index (χ1) is 2.00. The van der Waals surface area contributed by atoms with E-state index in [4.69, 9.17) is 17.5 Å². The molecular formula is H4Cl2CoO4SZn. The molecule has 4 nitrogen and oxygen atoms in total. The minimum atomic E-state index is -4.67. The second-order valence-electron chi connectivity index (χ2n) is 0.448. The molecule has 0 bridgehead atoms. The first-order valence-corrected chi connectivity index (χ1v) is 2.10. The van der Waals surface area contributed by atoms with Crippen molar-refractivity contribution in [3.63, 3.8) is 0 Å². The molecule has 0 aromatic heterocycles. The Morgan fingerprint density at radius 3 is 1.00 bits per heavy atom. The molecule has 0 aliphatic rings. The van der Waals surface area contributed by atoms with Crippen molar-refractivity contribution in [3.05, 3.63) is 0 Å².